The van der Waals surface area contributed by atoms with Crippen molar-refractivity contribution >= 4 is 5.97 Å². The molecule has 0 radical (unpaired) electrons. The van der Waals surface area contributed by atoms with Gasteiger partial charge in [-0.15, -0.1) is 0 Å². The lowest BCUT2D eigenvalue weighted by Crippen LogP contribution is -2.22. The van der Waals surface area contributed by atoms with Crippen LogP contribution in [0.5, 0.6) is 11.5 Å². The van der Waals surface area contributed by atoms with E-state index >= 15 is 0 Å². The summed E-state index contributed by atoms with van der Waals surface area (Å²) in [6.45, 7) is -0.786. The number of carbonyl (C=O) groups excluding carboxylic acids is 1. The van der Waals surface area contributed by atoms with Crippen molar-refractivity contribution < 1.29 is 30.0 Å². The normalized spacial score (nSPS) is 12.1. The van der Waals surface area contributed by atoms with Crippen LogP contribution in [0.4, 0.5) is 0 Å². The molecule has 1 aromatic rings. The smallest absolute Gasteiger partial charge is 0.310 e. The Balaban J connectivity index is 2.50. The first kappa shape index (κ1) is 13.3. The molecule has 4 N–H and O–H groups in total. The Labute approximate surface area is 97.7 Å². The molecule has 94 valence electrons. The largest absolute Gasteiger partial charge is 0.508 e. The number of ether oxygens (including phenoxy) is 1. The number of phenols is 2. The third-order valence-electron chi connectivity index (χ3n) is 2.05. The van der Waals surface area contributed by atoms with Crippen LogP contribution in [-0.4, -0.2) is 45.7 Å². The number of hydrogen-bond donors (Lipinski definition) is 4. The van der Waals surface area contributed by atoms with Gasteiger partial charge in [-0.2, -0.15) is 0 Å². The molecule has 0 aliphatic rings. The van der Waals surface area contributed by atoms with Crippen molar-refractivity contribution in [3.8, 4) is 11.5 Å². The lowest BCUT2D eigenvalue weighted by atomic mass is 10.1. The van der Waals surface area contributed by atoms with E-state index in [0.717, 1.165) is 6.07 Å². The van der Waals surface area contributed by atoms with Gasteiger partial charge in [-0.3, -0.25) is 4.79 Å². The van der Waals surface area contributed by atoms with Crippen LogP contribution in [0, 0.1) is 0 Å². The SMILES string of the molecule is O=C(Cc1ccc(O)cc1O)OCC(O)CO. The fourth-order valence-electron chi connectivity index (χ4n) is 1.15. The van der Waals surface area contributed by atoms with E-state index in [4.69, 9.17) is 15.3 Å². The molecule has 0 fully saturated rings. The predicted octanol–water partition coefficient (Wildman–Crippen LogP) is -0.463. The van der Waals surface area contributed by atoms with E-state index < -0.39 is 18.7 Å². The molecular formula is C11H14O6. The van der Waals surface area contributed by atoms with Gasteiger partial charge in [-0.05, 0) is 6.07 Å². The van der Waals surface area contributed by atoms with E-state index in [1.807, 2.05) is 0 Å². The van der Waals surface area contributed by atoms with Crippen LogP contribution >= 0.6 is 0 Å². The summed E-state index contributed by atoms with van der Waals surface area (Å²) in [5.74, 6) is -0.946. The third kappa shape index (κ3) is 4.29. The van der Waals surface area contributed by atoms with E-state index in [0.29, 0.717) is 5.56 Å². The topological polar surface area (TPSA) is 107 Å². The number of benzene rings is 1. The molecule has 0 saturated heterocycles. The fourth-order valence-corrected chi connectivity index (χ4v) is 1.15. The van der Waals surface area contributed by atoms with E-state index in [1.54, 1.807) is 0 Å². The molecule has 0 aliphatic heterocycles. The van der Waals surface area contributed by atoms with Crippen LogP contribution in [0.1, 0.15) is 5.56 Å². The number of rotatable bonds is 5. The second kappa shape index (κ2) is 6.07. The molecule has 1 rings (SSSR count). The van der Waals surface area contributed by atoms with Crippen molar-refractivity contribution in [3.05, 3.63) is 23.8 Å². The molecule has 0 saturated carbocycles. The zero-order valence-corrected chi connectivity index (χ0v) is 9.04. The third-order valence-corrected chi connectivity index (χ3v) is 2.05. The predicted molar refractivity (Wildman–Crippen MR) is 57.5 cm³/mol. The van der Waals surface area contributed by atoms with Gasteiger partial charge in [-0.1, -0.05) is 6.07 Å². The van der Waals surface area contributed by atoms with Crippen LogP contribution in [0.3, 0.4) is 0 Å². The van der Waals surface area contributed by atoms with Crippen LogP contribution in [0.25, 0.3) is 0 Å². The monoisotopic (exact) mass is 242 g/mol. The summed E-state index contributed by atoms with van der Waals surface area (Å²) in [6, 6.07) is 3.85. The average Bonchev–Trinajstić information content (AvgIpc) is 2.29. The van der Waals surface area contributed by atoms with Crippen molar-refractivity contribution in [1.82, 2.24) is 0 Å². The Hall–Kier alpha value is -1.79. The highest BCUT2D eigenvalue weighted by Crippen LogP contribution is 2.23. The van der Waals surface area contributed by atoms with Gasteiger partial charge in [0, 0.05) is 11.6 Å². The molecule has 0 spiro atoms. The van der Waals surface area contributed by atoms with Gasteiger partial charge in [-0.25, -0.2) is 0 Å². The maximum absolute atomic E-state index is 11.3. The van der Waals surface area contributed by atoms with Gasteiger partial charge in [0.15, 0.2) is 0 Å². The Morgan fingerprint density at radius 3 is 2.65 bits per heavy atom. The number of aliphatic hydroxyl groups is 2. The first-order chi connectivity index (χ1) is 8.02. The van der Waals surface area contributed by atoms with Gasteiger partial charge in [0.2, 0.25) is 0 Å². The fraction of sp³-hybridized carbons (Fsp3) is 0.364. The van der Waals surface area contributed by atoms with Crippen molar-refractivity contribution in [1.29, 1.82) is 0 Å². The molecule has 6 heteroatoms. The number of aliphatic hydroxyl groups excluding tert-OH is 2. The van der Waals surface area contributed by atoms with Crippen molar-refractivity contribution in [2.24, 2.45) is 0 Å². The number of carbonyl (C=O) groups is 1. The molecule has 17 heavy (non-hydrogen) atoms. The Kier molecular flexibility index (Phi) is 4.74. The van der Waals surface area contributed by atoms with Gasteiger partial charge in [0.05, 0.1) is 13.0 Å². The maximum atomic E-state index is 11.3. The molecular weight excluding hydrogens is 228 g/mol. The van der Waals surface area contributed by atoms with Gasteiger partial charge >= 0.3 is 5.97 Å². The molecule has 1 atom stereocenters. The highest BCUT2D eigenvalue weighted by molar-refractivity contribution is 5.73. The molecule has 6 nitrogen and oxygen atoms in total. The second-order valence-corrected chi connectivity index (χ2v) is 3.51. The number of hydrogen-bond acceptors (Lipinski definition) is 6. The Bertz CT molecular complexity index is 390. The van der Waals surface area contributed by atoms with Gasteiger partial charge < -0.3 is 25.2 Å². The zero-order chi connectivity index (χ0) is 12.8. The van der Waals surface area contributed by atoms with Gasteiger partial charge in [0.25, 0.3) is 0 Å². The summed E-state index contributed by atoms with van der Waals surface area (Å²) in [5.41, 5.74) is 0.311. The van der Waals surface area contributed by atoms with Crippen LogP contribution in [0.2, 0.25) is 0 Å². The minimum absolute atomic E-state index is 0.102. The molecule has 0 amide bonds. The summed E-state index contributed by atoms with van der Waals surface area (Å²) < 4.78 is 4.66. The highest BCUT2D eigenvalue weighted by atomic mass is 16.5. The quantitative estimate of drug-likeness (QED) is 0.520. The average molecular weight is 242 g/mol. The lowest BCUT2D eigenvalue weighted by Gasteiger charge is -2.09. The van der Waals surface area contributed by atoms with E-state index in [2.05, 4.69) is 4.74 Å². The van der Waals surface area contributed by atoms with Crippen LogP contribution in [0.15, 0.2) is 18.2 Å². The molecule has 1 unspecified atom stereocenters. The van der Waals surface area contributed by atoms with Crippen molar-refractivity contribution in [2.75, 3.05) is 13.2 Å². The van der Waals surface area contributed by atoms with Crippen molar-refractivity contribution in [2.45, 2.75) is 12.5 Å². The summed E-state index contributed by atoms with van der Waals surface area (Å²) in [7, 11) is 0. The summed E-state index contributed by atoms with van der Waals surface area (Å²) in [6.07, 6.45) is -1.28. The van der Waals surface area contributed by atoms with E-state index in [1.165, 1.54) is 12.1 Å². The van der Waals surface area contributed by atoms with Crippen LogP contribution < -0.4 is 0 Å². The lowest BCUT2D eigenvalue weighted by molar-refractivity contribution is -0.146. The van der Waals surface area contributed by atoms with E-state index in [9.17, 15) is 9.90 Å². The molecule has 0 bridgehead atoms. The number of aromatic hydroxyl groups is 2. The standard InChI is InChI=1S/C11H14O6/c12-5-9(14)6-17-11(16)3-7-1-2-8(13)4-10(7)15/h1-2,4,9,12-15H,3,5-6H2. The number of phenolic OH excluding ortho intramolecular Hbond substituents is 2. The Morgan fingerprint density at radius 2 is 2.06 bits per heavy atom. The first-order valence-electron chi connectivity index (χ1n) is 4.98. The minimum Gasteiger partial charge on any atom is -0.508 e. The van der Waals surface area contributed by atoms with E-state index in [-0.39, 0.29) is 24.5 Å². The second-order valence-electron chi connectivity index (χ2n) is 3.51. The van der Waals surface area contributed by atoms with Crippen molar-refractivity contribution in [3.63, 3.8) is 0 Å². The summed E-state index contributed by atoms with van der Waals surface area (Å²) in [5, 5.41) is 35.9. The number of esters is 1. The Morgan fingerprint density at radius 1 is 1.35 bits per heavy atom. The molecule has 0 aliphatic carbocycles. The maximum Gasteiger partial charge on any atom is 0.310 e. The first-order valence-corrected chi connectivity index (χ1v) is 4.98. The van der Waals surface area contributed by atoms with Gasteiger partial charge in [0.1, 0.15) is 24.2 Å². The molecule has 0 heterocycles. The zero-order valence-electron chi connectivity index (χ0n) is 9.04. The highest BCUT2D eigenvalue weighted by Gasteiger charge is 2.11. The summed E-state index contributed by atoms with van der Waals surface area (Å²) in [4.78, 5) is 11.3. The summed E-state index contributed by atoms with van der Waals surface area (Å²) >= 11 is 0. The molecule has 1 aromatic carbocycles. The van der Waals surface area contributed by atoms with Crippen LogP contribution in [-0.2, 0) is 16.0 Å². The molecule has 0 aromatic heterocycles. The minimum atomic E-state index is -1.10.